The van der Waals surface area contributed by atoms with Crippen LogP contribution >= 0.6 is 15.9 Å². The van der Waals surface area contributed by atoms with E-state index in [1.807, 2.05) is 0 Å². The van der Waals surface area contributed by atoms with Gasteiger partial charge in [0.05, 0.1) is 11.3 Å². The maximum absolute atomic E-state index is 11.8. The van der Waals surface area contributed by atoms with E-state index in [1.54, 1.807) is 18.2 Å². The lowest BCUT2D eigenvalue weighted by molar-refractivity contribution is -0.120. The molecule has 6 heteroatoms. The predicted molar refractivity (Wildman–Crippen MR) is 69.5 cm³/mol. The molecular formula is C12H11BrN2O3. The number of carbonyl (C=O) groups excluding carboxylic acids is 3. The summed E-state index contributed by atoms with van der Waals surface area (Å²) in [5.41, 5.74) is 0.948. The fraction of sp³-hybridized carbons (Fsp3) is 0.250. The van der Waals surface area contributed by atoms with E-state index >= 15 is 0 Å². The minimum atomic E-state index is -0.577. The Morgan fingerprint density at radius 3 is 2.78 bits per heavy atom. The zero-order chi connectivity index (χ0) is 13.3. The first-order valence-corrected chi connectivity index (χ1v) is 6.20. The number of amides is 2. The predicted octanol–water partition coefficient (Wildman–Crippen LogP) is 1.11. The van der Waals surface area contributed by atoms with E-state index in [0.717, 1.165) is 4.47 Å². The number of halogens is 1. The first-order valence-electron chi connectivity index (χ1n) is 5.41. The van der Waals surface area contributed by atoms with E-state index in [4.69, 9.17) is 0 Å². The van der Waals surface area contributed by atoms with Crippen LogP contribution in [0.25, 0.3) is 0 Å². The molecule has 0 spiro atoms. The van der Waals surface area contributed by atoms with Crippen LogP contribution in [0.5, 0.6) is 0 Å². The number of nitrogens with zero attached hydrogens (tertiary/aromatic N) is 1. The van der Waals surface area contributed by atoms with Gasteiger partial charge in [-0.05, 0) is 18.2 Å². The normalized spacial score (nSPS) is 13.8. The monoisotopic (exact) mass is 310 g/mol. The molecule has 2 amide bonds. The second-order valence-electron chi connectivity index (χ2n) is 3.87. The Morgan fingerprint density at radius 2 is 2.11 bits per heavy atom. The summed E-state index contributed by atoms with van der Waals surface area (Å²) in [7, 11) is 1.53. The van der Waals surface area contributed by atoms with Crippen LogP contribution in [-0.4, -0.2) is 31.2 Å². The summed E-state index contributed by atoms with van der Waals surface area (Å²) in [6, 6.07) is 5.04. The lowest BCUT2D eigenvalue weighted by atomic mass is 10.1. The molecule has 0 aliphatic carbocycles. The number of anilines is 1. The van der Waals surface area contributed by atoms with Crippen LogP contribution < -0.4 is 10.2 Å². The van der Waals surface area contributed by atoms with Gasteiger partial charge in [-0.15, -0.1) is 0 Å². The average molecular weight is 311 g/mol. The van der Waals surface area contributed by atoms with Crippen LogP contribution in [0.1, 0.15) is 16.8 Å². The lowest BCUT2D eigenvalue weighted by Crippen LogP contribution is -2.33. The van der Waals surface area contributed by atoms with Crippen LogP contribution in [-0.2, 0) is 9.59 Å². The molecule has 0 bridgehead atoms. The van der Waals surface area contributed by atoms with E-state index in [9.17, 15) is 14.4 Å². The summed E-state index contributed by atoms with van der Waals surface area (Å²) in [5, 5.41) is 2.48. The highest BCUT2D eigenvalue weighted by molar-refractivity contribution is 9.10. The molecule has 1 aromatic carbocycles. The molecule has 1 aromatic rings. The van der Waals surface area contributed by atoms with E-state index < -0.39 is 11.7 Å². The first-order chi connectivity index (χ1) is 8.54. The minimum absolute atomic E-state index is 0.168. The molecule has 0 fully saturated rings. The maximum Gasteiger partial charge on any atom is 0.299 e. The third kappa shape index (κ3) is 2.15. The summed E-state index contributed by atoms with van der Waals surface area (Å²) in [5.74, 6) is -1.26. The van der Waals surface area contributed by atoms with Gasteiger partial charge in [0.15, 0.2) is 0 Å². The summed E-state index contributed by atoms with van der Waals surface area (Å²) in [6.07, 6.45) is 0.168. The van der Waals surface area contributed by atoms with Crippen molar-refractivity contribution in [3.63, 3.8) is 0 Å². The van der Waals surface area contributed by atoms with Gasteiger partial charge in [0.25, 0.3) is 11.7 Å². The Hall–Kier alpha value is -1.69. The molecule has 1 heterocycles. The fourth-order valence-electron chi connectivity index (χ4n) is 1.83. The van der Waals surface area contributed by atoms with Gasteiger partial charge in [0, 0.05) is 24.5 Å². The van der Waals surface area contributed by atoms with Gasteiger partial charge in [-0.25, -0.2) is 0 Å². The Labute approximate surface area is 112 Å². The maximum atomic E-state index is 11.8. The van der Waals surface area contributed by atoms with Crippen LogP contribution in [0.3, 0.4) is 0 Å². The second kappa shape index (κ2) is 4.89. The van der Waals surface area contributed by atoms with Gasteiger partial charge in [-0.3, -0.25) is 14.4 Å². The standard InChI is InChI=1S/C12H11BrN2O3/c1-14-10(16)4-5-15-9-6-7(13)2-3-8(9)11(17)12(15)18/h2-3,6H,4-5H2,1H3,(H,14,16). The summed E-state index contributed by atoms with van der Waals surface area (Å²) in [6.45, 7) is 0.202. The van der Waals surface area contributed by atoms with E-state index in [-0.39, 0.29) is 18.9 Å². The molecule has 0 aromatic heterocycles. The Kier molecular flexibility index (Phi) is 3.47. The zero-order valence-corrected chi connectivity index (χ0v) is 11.3. The van der Waals surface area contributed by atoms with Crippen LogP contribution in [0.15, 0.2) is 22.7 Å². The largest absolute Gasteiger partial charge is 0.359 e. The molecule has 1 aliphatic heterocycles. The van der Waals surface area contributed by atoms with Crippen LogP contribution in [0.4, 0.5) is 5.69 Å². The van der Waals surface area contributed by atoms with Crippen molar-refractivity contribution in [2.75, 3.05) is 18.5 Å². The van der Waals surface area contributed by atoms with Crippen molar-refractivity contribution in [1.29, 1.82) is 0 Å². The van der Waals surface area contributed by atoms with Crippen molar-refractivity contribution in [3.8, 4) is 0 Å². The van der Waals surface area contributed by atoms with Crippen molar-refractivity contribution < 1.29 is 14.4 Å². The molecule has 5 nitrogen and oxygen atoms in total. The number of Topliss-reactive ketones (excluding diaryl/α,β-unsaturated/α-hetero) is 1. The Bertz CT molecular complexity index is 542. The van der Waals surface area contributed by atoms with Crippen molar-refractivity contribution in [2.24, 2.45) is 0 Å². The van der Waals surface area contributed by atoms with Gasteiger partial charge < -0.3 is 10.2 Å². The summed E-state index contributed by atoms with van der Waals surface area (Å²) in [4.78, 5) is 36.1. The first kappa shape index (κ1) is 12.8. The Morgan fingerprint density at radius 1 is 1.39 bits per heavy atom. The number of rotatable bonds is 3. The number of nitrogens with one attached hydrogen (secondary N) is 1. The molecule has 0 unspecified atom stereocenters. The molecule has 0 saturated heterocycles. The van der Waals surface area contributed by atoms with Gasteiger partial charge >= 0.3 is 0 Å². The molecule has 1 aliphatic rings. The number of ketones is 1. The third-order valence-electron chi connectivity index (χ3n) is 2.78. The molecule has 0 saturated carbocycles. The molecule has 2 rings (SSSR count). The smallest absolute Gasteiger partial charge is 0.299 e. The van der Waals surface area contributed by atoms with Gasteiger partial charge in [-0.2, -0.15) is 0 Å². The number of carbonyl (C=O) groups is 3. The Balaban J connectivity index is 2.27. The fourth-order valence-corrected chi connectivity index (χ4v) is 2.18. The van der Waals surface area contributed by atoms with E-state index in [1.165, 1.54) is 11.9 Å². The van der Waals surface area contributed by atoms with Gasteiger partial charge in [-0.1, -0.05) is 15.9 Å². The zero-order valence-electron chi connectivity index (χ0n) is 9.70. The highest BCUT2D eigenvalue weighted by Gasteiger charge is 2.35. The number of fused-ring (bicyclic) bond motifs is 1. The van der Waals surface area contributed by atoms with Crippen molar-refractivity contribution >= 4 is 39.2 Å². The highest BCUT2D eigenvalue weighted by atomic mass is 79.9. The molecule has 0 atom stereocenters. The summed E-state index contributed by atoms with van der Waals surface area (Å²) < 4.78 is 0.786. The van der Waals surface area contributed by atoms with Crippen molar-refractivity contribution in [1.82, 2.24) is 5.32 Å². The van der Waals surface area contributed by atoms with Crippen LogP contribution in [0, 0.1) is 0 Å². The molecule has 18 heavy (non-hydrogen) atoms. The van der Waals surface area contributed by atoms with Crippen molar-refractivity contribution in [3.05, 3.63) is 28.2 Å². The van der Waals surface area contributed by atoms with Gasteiger partial charge in [0.1, 0.15) is 0 Å². The van der Waals surface area contributed by atoms with E-state index in [0.29, 0.717) is 11.3 Å². The van der Waals surface area contributed by atoms with Crippen LogP contribution in [0.2, 0.25) is 0 Å². The molecule has 1 N–H and O–H groups in total. The molecule has 0 radical (unpaired) electrons. The number of hydrogen-bond donors (Lipinski definition) is 1. The minimum Gasteiger partial charge on any atom is -0.359 e. The van der Waals surface area contributed by atoms with E-state index in [2.05, 4.69) is 21.2 Å². The number of benzene rings is 1. The molecular weight excluding hydrogens is 300 g/mol. The van der Waals surface area contributed by atoms with Crippen molar-refractivity contribution in [2.45, 2.75) is 6.42 Å². The third-order valence-corrected chi connectivity index (χ3v) is 3.27. The highest BCUT2D eigenvalue weighted by Crippen LogP contribution is 2.31. The second-order valence-corrected chi connectivity index (χ2v) is 4.79. The molecule has 94 valence electrons. The lowest BCUT2D eigenvalue weighted by Gasteiger charge is -2.15. The SMILES string of the molecule is CNC(=O)CCN1C(=O)C(=O)c2ccc(Br)cc21. The van der Waals surface area contributed by atoms with Gasteiger partial charge in [0.2, 0.25) is 5.91 Å². The average Bonchev–Trinajstić information content (AvgIpc) is 2.59. The quantitative estimate of drug-likeness (QED) is 0.851. The number of hydrogen-bond acceptors (Lipinski definition) is 3. The summed E-state index contributed by atoms with van der Waals surface area (Å²) >= 11 is 3.30. The topological polar surface area (TPSA) is 66.5 Å².